The first-order chi connectivity index (χ1) is 49.3. The summed E-state index contributed by atoms with van der Waals surface area (Å²) in [7, 11) is -3.95. The van der Waals surface area contributed by atoms with Crippen LogP contribution < -0.4 is 28.9 Å². The van der Waals surface area contributed by atoms with Crippen LogP contribution in [0.5, 0.6) is 11.5 Å². The fourth-order valence-corrected chi connectivity index (χ4v) is 14.4. The molecular formula is C77H73BClF4N7O12S2. The van der Waals surface area contributed by atoms with Crippen molar-refractivity contribution in [3.8, 4) is 68.2 Å². The van der Waals surface area contributed by atoms with Gasteiger partial charge in [-0.3, -0.25) is 18.2 Å². The number of hydrogen-bond donors (Lipinski definition) is 1. The maximum absolute atomic E-state index is 15.0. The number of Topliss-reactive ketones (excluding diaryl/α,β-unsaturated/α-hetero) is 1. The number of rotatable bonds is 15. The number of halogens is 5. The molecule has 0 saturated carbocycles. The Morgan fingerprint density at radius 2 is 1.05 bits per heavy atom. The number of sulfonamides is 2. The molecule has 27 heteroatoms. The minimum Gasteiger partial charge on any atom is -0.468 e. The van der Waals surface area contributed by atoms with Crippen LogP contribution in [0.3, 0.4) is 0 Å². The van der Waals surface area contributed by atoms with E-state index < -0.39 is 55.9 Å². The molecule has 0 spiro atoms. The van der Waals surface area contributed by atoms with Crippen molar-refractivity contribution in [2.75, 3.05) is 42.3 Å². The van der Waals surface area contributed by atoms with Crippen molar-refractivity contribution < 1.29 is 71.6 Å². The molecule has 15 rings (SSSR count). The maximum atomic E-state index is 15.0. The predicted molar refractivity (Wildman–Crippen MR) is 397 cm³/mol. The number of benzene rings is 6. The number of pyridine rings is 2. The normalized spacial score (nSPS) is 15.6. The molecule has 2 unspecified atom stereocenters. The van der Waals surface area contributed by atoms with Crippen molar-refractivity contribution in [1.29, 1.82) is 0 Å². The molecule has 1 amide bonds. The first kappa shape index (κ1) is 72.4. The zero-order chi connectivity index (χ0) is 74.4. The molecule has 0 aliphatic carbocycles. The highest BCUT2D eigenvalue weighted by molar-refractivity contribution is 7.92. The Hall–Kier alpha value is -9.99. The Morgan fingerprint density at radius 3 is 1.53 bits per heavy atom. The van der Waals surface area contributed by atoms with Gasteiger partial charge in [-0.05, 0) is 149 Å². The zero-order valence-corrected chi connectivity index (χ0v) is 61.3. The predicted octanol–water partition coefficient (Wildman–Crippen LogP) is 17.2. The summed E-state index contributed by atoms with van der Waals surface area (Å²) in [6, 6.07) is 38.4. The number of fused-ring (bicyclic) bond motifs is 12. The summed E-state index contributed by atoms with van der Waals surface area (Å²) in [5, 5.41) is 4.95. The molecule has 6 aromatic heterocycles. The second-order valence-corrected chi connectivity index (χ2v) is 31.1. The lowest BCUT2D eigenvalue weighted by atomic mass is 9.77. The number of ketones is 1. The molecule has 104 heavy (non-hydrogen) atoms. The molecule has 9 heterocycles. The van der Waals surface area contributed by atoms with Crippen molar-refractivity contribution in [2.45, 2.75) is 104 Å². The second-order valence-electron chi connectivity index (χ2n) is 26.7. The van der Waals surface area contributed by atoms with Crippen molar-refractivity contribution in [3.63, 3.8) is 0 Å². The highest BCUT2D eigenvalue weighted by Crippen LogP contribution is 2.49. The lowest BCUT2D eigenvalue weighted by Gasteiger charge is -2.32. The van der Waals surface area contributed by atoms with Gasteiger partial charge in [0, 0.05) is 96.2 Å². The van der Waals surface area contributed by atoms with Crippen LogP contribution in [0.4, 0.5) is 28.9 Å². The van der Waals surface area contributed by atoms with Gasteiger partial charge in [0.2, 0.25) is 20.0 Å². The minimum absolute atomic E-state index is 0.158. The average molecular weight is 1470 g/mol. The Labute approximate surface area is 603 Å². The van der Waals surface area contributed by atoms with Gasteiger partial charge in [-0.1, -0.05) is 57.3 Å². The van der Waals surface area contributed by atoms with Crippen LogP contribution in [-0.4, -0.2) is 99.6 Å². The fraction of sp³-hybridized carbons (Fsp3) is 0.273. The summed E-state index contributed by atoms with van der Waals surface area (Å²) in [6.07, 6.45) is 5.18. The number of hydrogen-bond acceptors (Lipinski definition) is 14. The summed E-state index contributed by atoms with van der Waals surface area (Å²) in [5.74, 6) is -0.349. The van der Waals surface area contributed by atoms with Gasteiger partial charge in [-0.25, -0.2) is 44.4 Å². The van der Waals surface area contributed by atoms with Gasteiger partial charge in [0.25, 0.3) is 5.91 Å². The van der Waals surface area contributed by atoms with Gasteiger partial charge in [-0.15, -0.1) is 0 Å². The first-order valence-electron chi connectivity index (χ1n) is 33.7. The molecule has 0 bridgehead atoms. The molecule has 1 N–H and O–H groups in total. The molecule has 3 aliphatic rings. The minimum atomic E-state index is -3.75. The average Bonchev–Trinajstić information content (AvgIpc) is 1.57. The molecule has 3 aliphatic heterocycles. The quantitative estimate of drug-likeness (QED) is 0.0437. The number of nitrogens with one attached hydrogen (secondary N) is 1. The Bertz CT molecular complexity index is 5650. The third-order valence-electron chi connectivity index (χ3n) is 19.4. The lowest BCUT2D eigenvalue weighted by molar-refractivity contribution is 0.00578. The van der Waals surface area contributed by atoms with E-state index in [-0.39, 0.29) is 70.2 Å². The highest BCUT2D eigenvalue weighted by atomic mass is 35.5. The van der Waals surface area contributed by atoms with Gasteiger partial charge in [-0.2, -0.15) is 0 Å². The molecule has 538 valence electrons. The van der Waals surface area contributed by atoms with Crippen LogP contribution in [0.1, 0.15) is 114 Å². The molecule has 0 radical (unpaired) electrons. The number of anilines is 2. The van der Waals surface area contributed by atoms with Gasteiger partial charge in [0.15, 0.2) is 18.2 Å². The Kier molecular flexibility index (Phi) is 19.2. The zero-order valence-electron chi connectivity index (χ0n) is 58.9. The molecule has 1 fully saturated rings. The maximum Gasteiger partial charge on any atom is 0.497 e. The van der Waals surface area contributed by atoms with Crippen LogP contribution in [0.2, 0.25) is 5.15 Å². The van der Waals surface area contributed by atoms with E-state index in [9.17, 15) is 44.0 Å². The van der Waals surface area contributed by atoms with Gasteiger partial charge < -0.3 is 42.1 Å². The molecule has 2 atom stereocenters. The van der Waals surface area contributed by atoms with Crippen LogP contribution in [-0.2, 0) is 29.4 Å². The van der Waals surface area contributed by atoms with E-state index in [4.69, 9.17) is 44.2 Å². The van der Waals surface area contributed by atoms with E-state index in [0.29, 0.717) is 106 Å². The third kappa shape index (κ3) is 13.1. The topological polar surface area (TPSA) is 220 Å². The standard InChI is InChI=1S/C36H31F2N3O5S.C24H28BFN2O6S.C17H14ClFN2O/c1-5-8-33-41-27-10-7-9-25(38)22(27)18-29(41)35-31(45-33)16-15-26(39-35)23-17-24-32(19-28(23)40(3)47(4,43)44)46-36(34(24)30(42)6-2)20-11-13-21(37)14-12-20;1-23(2)24(3,4)34-25(33-23)17-12-16-19(13-18(17)28(6)35(7,30)31)32-21(20(16)22(29)27-5)14-8-10-15(26)11-9-14;1-2-4-16-21-12-6-3-5-11(19)10(12)9-13(21)17-14(22-16)7-8-15(18)20-17/h7,9-19,33H,5-6,8H2,1-4H3;8-13H,1-7H3,(H,27,29);3,5-9,16H,2,4H2,1H3. The monoisotopic (exact) mass is 1470 g/mol. The van der Waals surface area contributed by atoms with E-state index in [1.54, 1.807) is 67.6 Å². The number of carbonyl (C=O) groups excluding carboxylic acids is 2. The highest BCUT2D eigenvalue weighted by Gasteiger charge is 2.53. The van der Waals surface area contributed by atoms with E-state index in [1.165, 1.54) is 81.8 Å². The molecule has 6 aromatic carbocycles. The number of ether oxygens (including phenoxy) is 2. The van der Waals surface area contributed by atoms with Crippen LogP contribution in [0.15, 0.2) is 154 Å². The van der Waals surface area contributed by atoms with Crippen LogP contribution in [0, 0.1) is 23.3 Å². The summed E-state index contributed by atoms with van der Waals surface area (Å²) in [5.41, 5.74) is 6.77. The van der Waals surface area contributed by atoms with Crippen molar-refractivity contribution >= 4 is 111 Å². The number of furan rings is 2. The number of carbonyl (C=O) groups is 2. The van der Waals surface area contributed by atoms with Gasteiger partial charge in [0.1, 0.15) is 74.0 Å². The third-order valence-corrected chi connectivity index (χ3v) is 22.0. The summed E-state index contributed by atoms with van der Waals surface area (Å²) < 4.78 is 151. The molecular weight excluding hydrogens is 1400 g/mol. The molecule has 19 nitrogen and oxygen atoms in total. The molecule has 1 saturated heterocycles. The van der Waals surface area contributed by atoms with E-state index in [2.05, 4.69) is 24.1 Å². The SMILES string of the molecule is CCCC1Oc2ccc(-c3cc4c(C(=O)CC)c(-c5ccc(F)cc5)oc4cc3N(C)S(C)(=O)=O)nc2-c2cc3c(F)cccc3n21.CCCC1Oc2ccc(Cl)nc2-c2cc3c(F)cccc3n21.CNC(=O)c1c(-c2ccc(F)cc2)oc2cc(N(C)S(C)(=O)=O)c(B3OC(C)(C)C(C)(C)O3)cc12. The first-order valence-corrected chi connectivity index (χ1v) is 37.7. The van der Waals surface area contributed by atoms with Crippen molar-refractivity contribution in [2.24, 2.45) is 0 Å². The fourth-order valence-electron chi connectivity index (χ4n) is 13.2. The summed E-state index contributed by atoms with van der Waals surface area (Å²) >= 11 is 6.02. The lowest BCUT2D eigenvalue weighted by Crippen LogP contribution is -2.41. The number of amides is 1. The summed E-state index contributed by atoms with van der Waals surface area (Å²) in [4.78, 5) is 35.7. The smallest absolute Gasteiger partial charge is 0.468 e. The van der Waals surface area contributed by atoms with Crippen LogP contribution >= 0.6 is 11.6 Å². The van der Waals surface area contributed by atoms with Crippen molar-refractivity contribution in [1.82, 2.24) is 24.4 Å². The summed E-state index contributed by atoms with van der Waals surface area (Å²) in [6.45, 7) is 13.5. The van der Waals surface area contributed by atoms with Crippen LogP contribution in [0.25, 0.3) is 100 Å². The van der Waals surface area contributed by atoms with E-state index in [0.717, 1.165) is 51.6 Å². The largest absolute Gasteiger partial charge is 0.497 e. The number of aromatic nitrogens is 4. The second kappa shape index (κ2) is 27.6. The van der Waals surface area contributed by atoms with Gasteiger partial charge in [0.05, 0.1) is 74.3 Å². The Balaban J connectivity index is 0.000000148. The van der Waals surface area contributed by atoms with E-state index >= 15 is 0 Å². The van der Waals surface area contributed by atoms with Gasteiger partial charge >= 0.3 is 7.12 Å². The van der Waals surface area contributed by atoms with Crippen molar-refractivity contribution in [3.05, 3.63) is 185 Å². The van der Waals surface area contributed by atoms with E-state index in [1.807, 2.05) is 61.1 Å². The molecule has 12 aromatic rings. The number of nitrogens with zero attached hydrogens (tertiary/aromatic N) is 6. The Morgan fingerprint density at radius 1 is 0.587 bits per heavy atom.